The Labute approximate surface area is 140 Å². The minimum Gasteiger partial charge on any atom is -0.373 e. The lowest BCUT2D eigenvalue weighted by Crippen LogP contribution is -2.40. The molecule has 2 N–H and O–H groups in total. The molecule has 0 bridgehead atoms. The monoisotopic (exact) mass is 395 g/mol. The van der Waals surface area contributed by atoms with Gasteiger partial charge in [-0.25, -0.2) is 0 Å². The number of hydrogen-bond acceptors (Lipinski definition) is 2. The molecule has 1 aliphatic carbocycles. The summed E-state index contributed by atoms with van der Waals surface area (Å²) < 4.78 is 5.78. The molecule has 2 unspecified atom stereocenters. The van der Waals surface area contributed by atoms with Crippen molar-refractivity contribution in [2.24, 2.45) is 16.3 Å². The first-order valence-corrected chi connectivity index (χ1v) is 7.61. The first kappa shape index (κ1) is 18.0. The van der Waals surface area contributed by atoms with Gasteiger partial charge in [0, 0.05) is 19.7 Å². The van der Waals surface area contributed by atoms with Gasteiger partial charge in [0.25, 0.3) is 0 Å². The number of aliphatic imine (C=N–C) groups is 1. The molecule has 0 radical (unpaired) electrons. The summed E-state index contributed by atoms with van der Waals surface area (Å²) in [6.45, 7) is 12.5. The van der Waals surface area contributed by atoms with Crippen molar-refractivity contribution < 1.29 is 4.74 Å². The molecular formula is C15H30IN3O. The van der Waals surface area contributed by atoms with Crippen molar-refractivity contribution in [3.05, 3.63) is 0 Å². The molecule has 0 amide bonds. The molecule has 1 saturated carbocycles. The lowest BCUT2D eigenvalue weighted by molar-refractivity contribution is 0.0283. The van der Waals surface area contributed by atoms with Crippen LogP contribution in [0.25, 0.3) is 0 Å². The molecule has 2 atom stereocenters. The molecule has 0 aromatic rings. The maximum absolute atomic E-state index is 5.78. The van der Waals surface area contributed by atoms with E-state index in [1.807, 2.05) is 0 Å². The molecule has 2 aliphatic rings. The average molecular weight is 395 g/mol. The molecule has 2 rings (SSSR count). The van der Waals surface area contributed by atoms with Crippen molar-refractivity contribution >= 4 is 29.9 Å². The van der Waals surface area contributed by atoms with Crippen LogP contribution >= 0.6 is 24.0 Å². The predicted molar refractivity (Wildman–Crippen MR) is 94.9 cm³/mol. The van der Waals surface area contributed by atoms with Gasteiger partial charge in [0.2, 0.25) is 0 Å². The number of nitrogens with zero attached hydrogens (tertiary/aromatic N) is 1. The van der Waals surface area contributed by atoms with E-state index in [-0.39, 0.29) is 29.6 Å². The number of guanidine groups is 1. The average Bonchev–Trinajstić information content (AvgIpc) is 2.75. The Balaban J connectivity index is 0.00000200. The molecule has 1 saturated heterocycles. The van der Waals surface area contributed by atoms with Crippen LogP contribution in [0.1, 0.15) is 47.0 Å². The smallest absolute Gasteiger partial charge is 0.191 e. The molecule has 1 heterocycles. The second-order valence-electron chi connectivity index (χ2n) is 6.87. The third-order valence-electron chi connectivity index (χ3n) is 4.45. The Morgan fingerprint density at radius 1 is 1.30 bits per heavy atom. The van der Waals surface area contributed by atoms with E-state index in [0.717, 1.165) is 51.0 Å². The minimum atomic E-state index is -0.0544. The summed E-state index contributed by atoms with van der Waals surface area (Å²) in [6.07, 6.45) is 3.60. The van der Waals surface area contributed by atoms with E-state index in [0.29, 0.717) is 5.41 Å². The van der Waals surface area contributed by atoms with Crippen molar-refractivity contribution in [2.45, 2.75) is 52.6 Å². The normalized spacial score (nSPS) is 31.6. The topological polar surface area (TPSA) is 45.7 Å². The molecule has 4 nitrogen and oxygen atoms in total. The third kappa shape index (κ3) is 5.06. The summed E-state index contributed by atoms with van der Waals surface area (Å²) in [7, 11) is 0. The minimum absolute atomic E-state index is 0. The number of halogens is 1. The highest BCUT2D eigenvalue weighted by atomic mass is 127. The first-order chi connectivity index (χ1) is 8.95. The maximum atomic E-state index is 5.78. The van der Waals surface area contributed by atoms with Crippen molar-refractivity contribution in [2.75, 3.05) is 26.2 Å². The van der Waals surface area contributed by atoms with Gasteiger partial charge in [0.15, 0.2) is 5.96 Å². The van der Waals surface area contributed by atoms with Gasteiger partial charge in [-0.1, -0.05) is 13.8 Å². The lowest BCUT2D eigenvalue weighted by Gasteiger charge is -2.21. The number of rotatable bonds is 5. The molecule has 20 heavy (non-hydrogen) atoms. The SMILES string of the molecule is CCNC(=NCC1(C)CCCO1)NCC1CC1(C)C.I. The summed E-state index contributed by atoms with van der Waals surface area (Å²) in [5.74, 6) is 1.72. The second-order valence-corrected chi connectivity index (χ2v) is 6.87. The van der Waals surface area contributed by atoms with E-state index in [4.69, 9.17) is 4.74 Å². The fourth-order valence-corrected chi connectivity index (χ4v) is 2.69. The van der Waals surface area contributed by atoms with Crippen LogP contribution in [0.2, 0.25) is 0 Å². The highest BCUT2D eigenvalue weighted by Crippen LogP contribution is 2.50. The number of ether oxygens (including phenoxy) is 1. The Morgan fingerprint density at radius 2 is 2.00 bits per heavy atom. The van der Waals surface area contributed by atoms with E-state index < -0.39 is 0 Å². The van der Waals surface area contributed by atoms with E-state index in [9.17, 15) is 0 Å². The zero-order valence-corrected chi connectivity index (χ0v) is 15.6. The summed E-state index contributed by atoms with van der Waals surface area (Å²) in [6, 6.07) is 0. The van der Waals surface area contributed by atoms with Crippen LogP contribution < -0.4 is 10.6 Å². The van der Waals surface area contributed by atoms with Crippen LogP contribution in [0.5, 0.6) is 0 Å². The van der Waals surface area contributed by atoms with Crippen LogP contribution in [0, 0.1) is 11.3 Å². The summed E-state index contributed by atoms with van der Waals surface area (Å²) in [5, 5.41) is 6.78. The van der Waals surface area contributed by atoms with Gasteiger partial charge >= 0.3 is 0 Å². The highest BCUT2D eigenvalue weighted by molar-refractivity contribution is 14.0. The van der Waals surface area contributed by atoms with Gasteiger partial charge in [-0.2, -0.15) is 0 Å². The van der Waals surface area contributed by atoms with Crippen molar-refractivity contribution in [3.63, 3.8) is 0 Å². The standard InChI is InChI=1S/C15H29N3O.HI/c1-5-16-13(17-10-12-9-14(12,2)3)18-11-15(4)7-6-8-19-15;/h12H,5-11H2,1-4H3,(H2,16,17,18);1H. The van der Waals surface area contributed by atoms with Gasteiger partial charge in [0.1, 0.15) is 0 Å². The van der Waals surface area contributed by atoms with Crippen LogP contribution in [-0.4, -0.2) is 37.8 Å². The van der Waals surface area contributed by atoms with E-state index in [1.165, 1.54) is 6.42 Å². The van der Waals surface area contributed by atoms with Crippen LogP contribution in [0.15, 0.2) is 4.99 Å². The van der Waals surface area contributed by atoms with Crippen LogP contribution in [-0.2, 0) is 4.74 Å². The fraction of sp³-hybridized carbons (Fsp3) is 0.933. The van der Waals surface area contributed by atoms with Crippen LogP contribution in [0.4, 0.5) is 0 Å². The molecule has 0 spiro atoms. The Morgan fingerprint density at radius 3 is 2.50 bits per heavy atom. The Hall–Kier alpha value is -0.0400. The molecule has 0 aromatic carbocycles. The zero-order valence-electron chi connectivity index (χ0n) is 13.3. The maximum Gasteiger partial charge on any atom is 0.191 e. The molecule has 5 heteroatoms. The Bertz CT molecular complexity index is 338. The van der Waals surface area contributed by atoms with Crippen LogP contribution in [0.3, 0.4) is 0 Å². The lowest BCUT2D eigenvalue weighted by atomic mass is 10.0. The molecular weight excluding hydrogens is 365 g/mol. The van der Waals surface area contributed by atoms with Crippen molar-refractivity contribution in [1.82, 2.24) is 10.6 Å². The molecule has 118 valence electrons. The summed E-state index contributed by atoms with van der Waals surface area (Å²) >= 11 is 0. The molecule has 0 aromatic heterocycles. The van der Waals surface area contributed by atoms with Crippen molar-refractivity contribution in [3.8, 4) is 0 Å². The van der Waals surface area contributed by atoms with E-state index in [1.54, 1.807) is 0 Å². The fourth-order valence-electron chi connectivity index (χ4n) is 2.69. The van der Waals surface area contributed by atoms with Gasteiger partial charge in [-0.15, -0.1) is 24.0 Å². The largest absolute Gasteiger partial charge is 0.373 e. The Kier molecular flexibility index (Phi) is 6.57. The third-order valence-corrected chi connectivity index (χ3v) is 4.45. The van der Waals surface area contributed by atoms with Gasteiger partial charge in [-0.3, -0.25) is 4.99 Å². The van der Waals surface area contributed by atoms with Gasteiger partial charge in [0.05, 0.1) is 12.1 Å². The number of hydrogen-bond donors (Lipinski definition) is 2. The van der Waals surface area contributed by atoms with Crippen molar-refractivity contribution in [1.29, 1.82) is 0 Å². The molecule has 1 aliphatic heterocycles. The molecule has 2 fully saturated rings. The van der Waals surface area contributed by atoms with E-state index >= 15 is 0 Å². The zero-order chi connectivity index (χ0) is 13.9. The highest BCUT2D eigenvalue weighted by Gasteiger charge is 2.45. The summed E-state index contributed by atoms with van der Waals surface area (Å²) in [5.41, 5.74) is 0.464. The number of nitrogens with one attached hydrogen (secondary N) is 2. The van der Waals surface area contributed by atoms with E-state index in [2.05, 4.69) is 43.3 Å². The van der Waals surface area contributed by atoms with Gasteiger partial charge in [-0.05, 0) is 44.4 Å². The summed E-state index contributed by atoms with van der Waals surface area (Å²) in [4.78, 5) is 4.68. The quantitative estimate of drug-likeness (QED) is 0.428. The first-order valence-electron chi connectivity index (χ1n) is 7.61. The second kappa shape index (κ2) is 7.29. The predicted octanol–water partition coefficient (Wildman–Crippen LogP) is 2.77. The van der Waals surface area contributed by atoms with Gasteiger partial charge < -0.3 is 15.4 Å².